The fourth-order valence-corrected chi connectivity index (χ4v) is 3.10. The Bertz CT molecular complexity index is 705. The predicted molar refractivity (Wildman–Crippen MR) is 78.4 cm³/mol. The minimum absolute atomic E-state index is 0.108. The fourth-order valence-electron chi connectivity index (χ4n) is 3.10. The molecule has 0 saturated carbocycles. The van der Waals surface area contributed by atoms with Crippen molar-refractivity contribution in [3.63, 3.8) is 0 Å². The Hall–Kier alpha value is -2.43. The van der Waals surface area contributed by atoms with Crippen LogP contribution in [0.5, 0.6) is 0 Å². The summed E-state index contributed by atoms with van der Waals surface area (Å²) in [6.45, 7) is 0. The van der Waals surface area contributed by atoms with Crippen molar-refractivity contribution in [3.05, 3.63) is 59.7 Å². The molecule has 4 nitrogen and oxygen atoms in total. The molecule has 1 aliphatic heterocycles. The molecule has 5 heteroatoms. The molecule has 0 aliphatic carbocycles. The maximum absolute atomic E-state index is 13.0. The van der Waals surface area contributed by atoms with Crippen molar-refractivity contribution < 1.29 is 19.1 Å². The second-order valence-corrected chi connectivity index (χ2v) is 5.55. The van der Waals surface area contributed by atoms with Gasteiger partial charge in [0.15, 0.2) is 5.78 Å². The van der Waals surface area contributed by atoms with Crippen molar-refractivity contribution >= 4 is 11.8 Å². The van der Waals surface area contributed by atoms with Gasteiger partial charge in [0.2, 0.25) is 0 Å². The van der Waals surface area contributed by atoms with Gasteiger partial charge in [-0.15, -0.1) is 0 Å². The van der Waals surface area contributed by atoms with Gasteiger partial charge in [-0.2, -0.15) is 0 Å². The van der Waals surface area contributed by atoms with E-state index in [1.165, 1.54) is 24.3 Å². The molecule has 1 aromatic carbocycles. The van der Waals surface area contributed by atoms with Crippen molar-refractivity contribution in [2.45, 2.75) is 31.2 Å². The average molecular weight is 301 g/mol. The number of carboxylic acid groups (broad SMARTS) is 1. The first-order valence-electron chi connectivity index (χ1n) is 7.27. The van der Waals surface area contributed by atoms with E-state index in [4.69, 9.17) is 0 Å². The number of hydrogen-bond acceptors (Lipinski definition) is 2. The van der Waals surface area contributed by atoms with Gasteiger partial charge < -0.3 is 9.67 Å². The Balaban J connectivity index is 1.97. The lowest BCUT2D eigenvalue weighted by molar-refractivity contribution is -0.139. The van der Waals surface area contributed by atoms with E-state index in [-0.39, 0.29) is 11.6 Å². The highest BCUT2D eigenvalue weighted by molar-refractivity contribution is 5.99. The van der Waals surface area contributed by atoms with Gasteiger partial charge in [-0.1, -0.05) is 0 Å². The van der Waals surface area contributed by atoms with Crippen LogP contribution in [0, 0.1) is 5.82 Å². The average Bonchev–Trinajstić information content (AvgIpc) is 2.89. The molecule has 0 saturated heterocycles. The van der Waals surface area contributed by atoms with E-state index in [2.05, 4.69) is 0 Å². The molecule has 1 aromatic heterocycles. The van der Waals surface area contributed by atoms with Crippen LogP contribution < -0.4 is 0 Å². The van der Waals surface area contributed by atoms with Gasteiger partial charge in [-0.05, 0) is 55.7 Å². The van der Waals surface area contributed by atoms with Gasteiger partial charge in [0.1, 0.15) is 5.82 Å². The molecule has 0 fully saturated rings. The van der Waals surface area contributed by atoms with Crippen molar-refractivity contribution in [3.8, 4) is 0 Å². The zero-order valence-electron chi connectivity index (χ0n) is 11.9. The first-order chi connectivity index (χ1) is 10.6. The molecule has 0 amide bonds. The lowest BCUT2D eigenvalue weighted by atomic mass is 9.98. The van der Waals surface area contributed by atoms with Crippen LogP contribution in [-0.2, 0) is 4.79 Å². The largest absolute Gasteiger partial charge is 0.481 e. The molecule has 2 heterocycles. The van der Waals surface area contributed by atoms with Crippen LogP contribution in [0.4, 0.5) is 4.39 Å². The van der Waals surface area contributed by atoms with E-state index in [1.807, 2.05) is 0 Å². The molecular weight excluding hydrogens is 285 g/mol. The third-order valence-electron chi connectivity index (χ3n) is 4.20. The van der Waals surface area contributed by atoms with Crippen LogP contribution in [-0.4, -0.2) is 21.4 Å². The van der Waals surface area contributed by atoms with Gasteiger partial charge in [-0.25, -0.2) is 4.39 Å². The SMILES string of the molecule is O=C(O)C1CCCC(C(=O)c2ccc(F)cc2)n2cccc21. The fraction of sp³-hybridized carbons (Fsp3) is 0.294. The van der Waals surface area contributed by atoms with Gasteiger partial charge in [0.25, 0.3) is 0 Å². The van der Waals surface area contributed by atoms with Crippen LogP contribution in [0.3, 0.4) is 0 Å². The zero-order valence-corrected chi connectivity index (χ0v) is 11.9. The standard InChI is InChI=1S/C17H16FNO3/c18-12-8-6-11(7-9-12)16(20)15-4-1-3-13(17(21)22)14-5-2-10-19(14)15/h2,5-10,13,15H,1,3-4H2,(H,21,22). The molecule has 0 spiro atoms. The summed E-state index contributed by atoms with van der Waals surface area (Å²) in [5.41, 5.74) is 1.10. The van der Waals surface area contributed by atoms with Gasteiger partial charge in [-0.3, -0.25) is 9.59 Å². The number of fused-ring (bicyclic) bond motifs is 1. The molecule has 2 atom stereocenters. The maximum Gasteiger partial charge on any atom is 0.312 e. The number of ketones is 1. The van der Waals surface area contributed by atoms with Crippen molar-refractivity contribution in [1.29, 1.82) is 0 Å². The summed E-state index contributed by atoms with van der Waals surface area (Å²) in [4.78, 5) is 24.1. The van der Waals surface area contributed by atoms with Crippen molar-refractivity contribution in [1.82, 2.24) is 4.57 Å². The van der Waals surface area contributed by atoms with E-state index in [9.17, 15) is 19.1 Å². The number of aliphatic carboxylic acids is 1. The highest BCUT2D eigenvalue weighted by Gasteiger charge is 2.32. The number of carbonyl (C=O) groups excluding carboxylic acids is 1. The summed E-state index contributed by atoms with van der Waals surface area (Å²) < 4.78 is 14.8. The molecule has 114 valence electrons. The number of hydrogen-bond donors (Lipinski definition) is 1. The monoisotopic (exact) mass is 301 g/mol. The first-order valence-corrected chi connectivity index (χ1v) is 7.27. The quantitative estimate of drug-likeness (QED) is 0.884. The second-order valence-electron chi connectivity index (χ2n) is 5.55. The zero-order chi connectivity index (χ0) is 15.7. The van der Waals surface area contributed by atoms with E-state index >= 15 is 0 Å². The third kappa shape index (κ3) is 2.54. The first kappa shape index (κ1) is 14.5. The molecule has 3 rings (SSSR count). The summed E-state index contributed by atoms with van der Waals surface area (Å²) in [5, 5.41) is 9.36. The minimum atomic E-state index is -0.866. The third-order valence-corrected chi connectivity index (χ3v) is 4.20. The van der Waals surface area contributed by atoms with Crippen LogP contribution in [0.2, 0.25) is 0 Å². The van der Waals surface area contributed by atoms with Crippen LogP contribution >= 0.6 is 0 Å². The number of Topliss-reactive ketones (excluding diaryl/α,β-unsaturated/α-hetero) is 1. The molecule has 2 unspecified atom stereocenters. The summed E-state index contributed by atoms with van der Waals surface area (Å²) in [6, 6.07) is 8.57. The Morgan fingerprint density at radius 3 is 2.55 bits per heavy atom. The Morgan fingerprint density at radius 1 is 1.14 bits per heavy atom. The Kier molecular flexibility index (Phi) is 3.79. The molecule has 22 heavy (non-hydrogen) atoms. The van der Waals surface area contributed by atoms with E-state index in [0.29, 0.717) is 30.5 Å². The summed E-state index contributed by atoms with van der Waals surface area (Å²) in [5.74, 6) is -1.94. The van der Waals surface area contributed by atoms with Crippen molar-refractivity contribution in [2.24, 2.45) is 0 Å². The highest BCUT2D eigenvalue weighted by Crippen LogP contribution is 2.34. The number of halogens is 1. The molecular formula is C17H16FNO3. The Morgan fingerprint density at radius 2 is 1.86 bits per heavy atom. The number of nitrogens with zero attached hydrogens (tertiary/aromatic N) is 1. The minimum Gasteiger partial charge on any atom is -0.481 e. The van der Waals surface area contributed by atoms with Gasteiger partial charge >= 0.3 is 5.97 Å². The lowest BCUT2D eigenvalue weighted by Gasteiger charge is -2.19. The predicted octanol–water partition coefficient (Wildman–Crippen LogP) is 3.40. The Labute approximate surface area is 127 Å². The maximum atomic E-state index is 13.0. The summed E-state index contributed by atoms with van der Waals surface area (Å²) >= 11 is 0. The second kappa shape index (κ2) is 5.75. The molecule has 0 bridgehead atoms. The highest BCUT2D eigenvalue weighted by atomic mass is 19.1. The molecule has 1 N–H and O–H groups in total. The molecule has 2 aromatic rings. The smallest absolute Gasteiger partial charge is 0.312 e. The number of aromatic nitrogens is 1. The van der Waals surface area contributed by atoms with Crippen LogP contribution in [0.15, 0.2) is 42.6 Å². The molecule has 1 aliphatic rings. The van der Waals surface area contributed by atoms with E-state index in [1.54, 1.807) is 22.9 Å². The number of carbonyl (C=O) groups is 2. The van der Waals surface area contributed by atoms with E-state index in [0.717, 1.165) is 0 Å². The van der Waals surface area contributed by atoms with Crippen LogP contribution in [0.1, 0.15) is 47.3 Å². The van der Waals surface area contributed by atoms with Crippen LogP contribution in [0.25, 0.3) is 0 Å². The topological polar surface area (TPSA) is 59.3 Å². The molecule has 0 radical (unpaired) electrons. The number of rotatable bonds is 3. The normalized spacial score (nSPS) is 21.0. The number of carboxylic acids is 1. The van der Waals surface area contributed by atoms with E-state index < -0.39 is 17.9 Å². The van der Waals surface area contributed by atoms with Crippen molar-refractivity contribution in [2.75, 3.05) is 0 Å². The lowest BCUT2D eigenvalue weighted by Crippen LogP contribution is -2.21. The van der Waals surface area contributed by atoms with Gasteiger partial charge in [0.05, 0.1) is 12.0 Å². The summed E-state index contributed by atoms with van der Waals surface area (Å²) in [7, 11) is 0. The summed E-state index contributed by atoms with van der Waals surface area (Å²) in [6.07, 6.45) is 3.52. The van der Waals surface area contributed by atoms with Gasteiger partial charge in [0, 0.05) is 17.5 Å². The number of benzene rings is 1.